The van der Waals surface area contributed by atoms with Gasteiger partial charge in [-0.1, -0.05) is 49.5 Å². The van der Waals surface area contributed by atoms with Crippen molar-refractivity contribution in [2.24, 2.45) is 11.8 Å². The molecule has 0 bridgehead atoms. The first-order valence-corrected chi connectivity index (χ1v) is 5.35. The fourth-order valence-electron chi connectivity index (χ4n) is 0.948. The predicted molar refractivity (Wildman–Crippen MR) is 51.6 cm³/mol. The molecule has 0 aromatic rings. The summed E-state index contributed by atoms with van der Waals surface area (Å²) in [6.07, 6.45) is 4.10. The van der Waals surface area contributed by atoms with E-state index >= 15 is 0 Å². The summed E-state index contributed by atoms with van der Waals surface area (Å²) in [5, 5.41) is 1.16. The summed E-state index contributed by atoms with van der Waals surface area (Å²) < 4.78 is 0. The van der Waals surface area contributed by atoms with E-state index in [-0.39, 0.29) is 0 Å². The van der Waals surface area contributed by atoms with E-state index < -0.39 is 0 Å². The van der Waals surface area contributed by atoms with Crippen LogP contribution in [0.1, 0.15) is 40.0 Å². The maximum absolute atomic E-state index is 3.46. The van der Waals surface area contributed by atoms with Crippen LogP contribution in [0.3, 0.4) is 0 Å². The molecule has 0 saturated carbocycles. The minimum absolute atomic E-state index is 0.873. The molecule has 0 spiro atoms. The van der Waals surface area contributed by atoms with Gasteiger partial charge in [0.05, 0.1) is 0 Å². The zero-order valence-electron chi connectivity index (χ0n) is 7.36. The average Bonchev–Trinajstić information content (AvgIpc) is 1.85. The van der Waals surface area contributed by atoms with Crippen molar-refractivity contribution in [3.05, 3.63) is 0 Å². The maximum Gasteiger partial charge on any atom is 0.00338 e. The Morgan fingerprint density at radius 3 is 2.00 bits per heavy atom. The minimum atomic E-state index is 0.873. The van der Waals surface area contributed by atoms with Crippen molar-refractivity contribution in [2.45, 2.75) is 40.0 Å². The van der Waals surface area contributed by atoms with Gasteiger partial charge in [-0.05, 0) is 18.3 Å². The van der Waals surface area contributed by atoms with Gasteiger partial charge in [0.15, 0.2) is 0 Å². The molecule has 0 saturated heterocycles. The van der Waals surface area contributed by atoms with Crippen LogP contribution < -0.4 is 0 Å². The minimum Gasteiger partial charge on any atom is -0.0928 e. The number of rotatable bonds is 5. The highest BCUT2D eigenvalue weighted by Gasteiger charge is 2.01. The van der Waals surface area contributed by atoms with Gasteiger partial charge >= 0.3 is 0 Å². The smallest absolute Gasteiger partial charge is 0.00338 e. The van der Waals surface area contributed by atoms with Crippen LogP contribution in [0.15, 0.2) is 0 Å². The molecular weight excluding hydrogens is 188 g/mol. The number of halogens is 1. The molecule has 0 radical (unpaired) electrons. The summed E-state index contributed by atoms with van der Waals surface area (Å²) in [6.45, 7) is 6.92. The Labute approximate surface area is 73.5 Å². The molecule has 1 atom stereocenters. The lowest BCUT2D eigenvalue weighted by atomic mass is 9.98. The molecule has 0 aliphatic carbocycles. The molecule has 1 heteroatoms. The lowest BCUT2D eigenvalue weighted by Crippen LogP contribution is -1.98. The first-order chi connectivity index (χ1) is 4.66. The van der Waals surface area contributed by atoms with Crippen LogP contribution >= 0.6 is 15.9 Å². The molecule has 0 unspecified atom stereocenters. The van der Waals surface area contributed by atoms with Crippen molar-refractivity contribution in [1.29, 1.82) is 0 Å². The summed E-state index contributed by atoms with van der Waals surface area (Å²) >= 11 is 3.46. The highest BCUT2D eigenvalue weighted by molar-refractivity contribution is 9.09. The Hall–Kier alpha value is 0.480. The van der Waals surface area contributed by atoms with Crippen molar-refractivity contribution in [1.82, 2.24) is 0 Å². The van der Waals surface area contributed by atoms with E-state index in [1.165, 1.54) is 19.3 Å². The van der Waals surface area contributed by atoms with Gasteiger partial charge in [-0.15, -0.1) is 0 Å². The van der Waals surface area contributed by atoms with E-state index in [0.29, 0.717) is 0 Å². The second-order valence-corrected chi connectivity index (χ2v) is 4.35. The number of hydrogen-bond acceptors (Lipinski definition) is 0. The molecule has 62 valence electrons. The highest BCUT2D eigenvalue weighted by Crippen LogP contribution is 2.15. The maximum atomic E-state index is 3.46. The quantitative estimate of drug-likeness (QED) is 0.601. The third-order valence-corrected chi connectivity index (χ3v) is 2.30. The molecule has 0 fully saturated rings. The first kappa shape index (κ1) is 10.5. The van der Waals surface area contributed by atoms with E-state index in [4.69, 9.17) is 0 Å². The van der Waals surface area contributed by atoms with Gasteiger partial charge in [0, 0.05) is 5.33 Å². The van der Waals surface area contributed by atoms with Crippen LogP contribution in [0.25, 0.3) is 0 Å². The summed E-state index contributed by atoms with van der Waals surface area (Å²) in [4.78, 5) is 0. The zero-order chi connectivity index (χ0) is 7.98. The lowest BCUT2D eigenvalue weighted by molar-refractivity contribution is 0.444. The third-order valence-electron chi connectivity index (χ3n) is 1.84. The average molecular weight is 207 g/mol. The molecular formula is C9H19Br. The molecule has 0 aliphatic rings. The van der Waals surface area contributed by atoms with Gasteiger partial charge in [-0.2, -0.15) is 0 Å². The zero-order valence-corrected chi connectivity index (χ0v) is 8.95. The second-order valence-electron chi connectivity index (χ2n) is 3.55. The standard InChI is InChI=1S/C9H19Br/c1-8(2)4-5-9(3)6-7-10/h8-9H,4-7H2,1-3H3/t9-/m0/s1. The van der Waals surface area contributed by atoms with Crippen LogP contribution in [-0.2, 0) is 0 Å². The van der Waals surface area contributed by atoms with E-state index in [1.807, 2.05) is 0 Å². The van der Waals surface area contributed by atoms with Crippen LogP contribution in [0.2, 0.25) is 0 Å². The highest BCUT2D eigenvalue weighted by atomic mass is 79.9. The molecule has 0 aromatic carbocycles. The number of alkyl halides is 1. The fourth-order valence-corrected chi connectivity index (χ4v) is 1.73. The van der Waals surface area contributed by atoms with Crippen molar-refractivity contribution in [2.75, 3.05) is 5.33 Å². The predicted octanol–water partition coefficient (Wildman–Crippen LogP) is 3.84. The second kappa shape index (κ2) is 6.21. The van der Waals surface area contributed by atoms with Gasteiger partial charge in [0.2, 0.25) is 0 Å². The van der Waals surface area contributed by atoms with Crippen molar-refractivity contribution < 1.29 is 0 Å². The molecule has 0 aromatic heterocycles. The van der Waals surface area contributed by atoms with Crippen LogP contribution in [0.4, 0.5) is 0 Å². The van der Waals surface area contributed by atoms with Gasteiger partial charge in [0.1, 0.15) is 0 Å². The Morgan fingerprint density at radius 2 is 1.60 bits per heavy atom. The first-order valence-electron chi connectivity index (χ1n) is 4.22. The molecule has 0 heterocycles. The van der Waals surface area contributed by atoms with E-state index in [0.717, 1.165) is 17.2 Å². The van der Waals surface area contributed by atoms with E-state index in [1.54, 1.807) is 0 Å². The van der Waals surface area contributed by atoms with Gasteiger partial charge in [0.25, 0.3) is 0 Å². The normalized spacial score (nSPS) is 14.1. The van der Waals surface area contributed by atoms with Crippen molar-refractivity contribution in [3.8, 4) is 0 Å². The van der Waals surface area contributed by atoms with Crippen LogP contribution in [0.5, 0.6) is 0 Å². The van der Waals surface area contributed by atoms with Gasteiger partial charge in [-0.3, -0.25) is 0 Å². The van der Waals surface area contributed by atoms with Crippen molar-refractivity contribution >= 4 is 15.9 Å². The largest absolute Gasteiger partial charge is 0.0928 e. The van der Waals surface area contributed by atoms with Crippen LogP contribution in [-0.4, -0.2) is 5.33 Å². The molecule has 0 nitrogen and oxygen atoms in total. The van der Waals surface area contributed by atoms with E-state index in [9.17, 15) is 0 Å². The summed E-state index contributed by atoms with van der Waals surface area (Å²) in [5.41, 5.74) is 0. The Balaban J connectivity index is 3.12. The van der Waals surface area contributed by atoms with Gasteiger partial charge in [-0.25, -0.2) is 0 Å². The monoisotopic (exact) mass is 206 g/mol. The molecule has 0 aliphatic heterocycles. The fraction of sp³-hybridized carbons (Fsp3) is 1.00. The molecule has 10 heavy (non-hydrogen) atoms. The molecule has 0 N–H and O–H groups in total. The third kappa shape index (κ3) is 6.60. The Morgan fingerprint density at radius 1 is 1.00 bits per heavy atom. The topological polar surface area (TPSA) is 0 Å². The molecule has 0 amide bonds. The summed E-state index contributed by atoms with van der Waals surface area (Å²) in [6, 6.07) is 0. The summed E-state index contributed by atoms with van der Waals surface area (Å²) in [5.74, 6) is 1.78. The Kier molecular flexibility index (Phi) is 6.50. The lowest BCUT2D eigenvalue weighted by Gasteiger charge is -2.10. The van der Waals surface area contributed by atoms with Gasteiger partial charge < -0.3 is 0 Å². The van der Waals surface area contributed by atoms with Crippen molar-refractivity contribution in [3.63, 3.8) is 0 Å². The van der Waals surface area contributed by atoms with E-state index in [2.05, 4.69) is 36.7 Å². The Bertz CT molecular complexity index is 69.1. The molecule has 0 rings (SSSR count). The number of hydrogen-bond donors (Lipinski definition) is 0. The van der Waals surface area contributed by atoms with Crippen LogP contribution in [0, 0.1) is 11.8 Å². The SMILES string of the molecule is CC(C)CC[C@H](C)CCBr. The summed E-state index contributed by atoms with van der Waals surface area (Å²) in [7, 11) is 0.